The Bertz CT molecular complexity index is 1010. The van der Waals surface area contributed by atoms with Gasteiger partial charge in [-0.15, -0.1) is 5.06 Å². The lowest BCUT2D eigenvalue weighted by Crippen LogP contribution is -2.32. The van der Waals surface area contributed by atoms with Gasteiger partial charge < -0.3 is 19.9 Å². The zero-order chi connectivity index (χ0) is 21.7. The van der Waals surface area contributed by atoms with E-state index in [1.807, 2.05) is 6.07 Å². The minimum Gasteiger partial charge on any atom is -0.330 e. The number of benzene rings is 1. The second kappa shape index (κ2) is 9.41. The van der Waals surface area contributed by atoms with E-state index in [2.05, 4.69) is 14.8 Å². The number of carbonyl (C=O) groups excluding carboxylic acids is 3. The maximum absolute atomic E-state index is 12.0. The number of phosphoric ester groups is 1. The zero-order valence-corrected chi connectivity index (χ0v) is 16.7. The molecule has 11 nitrogen and oxygen atoms in total. The fourth-order valence-corrected chi connectivity index (χ4v) is 3.18. The maximum Gasteiger partial charge on any atom is 0.469 e. The molecule has 1 saturated heterocycles. The van der Waals surface area contributed by atoms with E-state index in [9.17, 15) is 18.9 Å². The van der Waals surface area contributed by atoms with Crippen molar-refractivity contribution in [2.75, 3.05) is 13.2 Å². The average molecular weight is 437 g/mol. The van der Waals surface area contributed by atoms with Crippen molar-refractivity contribution >= 4 is 36.5 Å². The van der Waals surface area contributed by atoms with E-state index in [0.29, 0.717) is 22.7 Å². The van der Waals surface area contributed by atoms with Crippen LogP contribution in [0.15, 0.2) is 30.5 Å². The van der Waals surface area contributed by atoms with Gasteiger partial charge in [-0.1, -0.05) is 12.1 Å². The third-order valence-corrected chi connectivity index (χ3v) is 4.74. The van der Waals surface area contributed by atoms with Gasteiger partial charge in [-0.2, -0.15) is 0 Å². The van der Waals surface area contributed by atoms with E-state index in [0.717, 1.165) is 10.9 Å². The van der Waals surface area contributed by atoms with Gasteiger partial charge in [-0.3, -0.25) is 19.1 Å². The number of nitrogens with zero attached hydrogens (tertiary/aromatic N) is 2. The summed E-state index contributed by atoms with van der Waals surface area (Å²) < 4.78 is 14.9. The molecule has 0 bridgehead atoms. The van der Waals surface area contributed by atoms with E-state index in [-0.39, 0.29) is 32.4 Å². The summed E-state index contributed by atoms with van der Waals surface area (Å²) in [7, 11) is -4.46. The van der Waals surface area contributed by atoms with E-state index in [1.54, 1.807) is 24.4 Å². The molecule has 0 aliphatic carbocycles. The number of amides is 2. The lowest BCUT2D eigenvalue weighted by Gasteiger charge is -2.12. The quantitative estimate of drug-likeness (QED) is 0.288. The van der Waals surface area contributed by atoms with Crippen molar-refractivity contribution in [3.05, 3.63) is 41.6 Å². The van der Waals surface area contributed by atoms with Crippen molar-refractivity contribution in [1.82, 2.24) is 15.4 Å². The second-order valence-electron chi connectivity index (χ2n) is 6.59. The largest absolute Gasteiger partial charge is 0.469 e. The van der Waals surface area contributed by atoms with Gasteiger partial charge in [0.15, 0.2) is 0 Å². The highest BCUT2D eigenvalue weighted by molar-refractivity contribution is 7.46. The van der Waals surface area contributed by atoms with Crippen LogP contribution in [0.4, 0.5) is 0 Å². The van der Waals surface area contributed by atoms with Crippen LogP contribution in [-0.2, 0) is 41.3 Å². The molecule has 0 spiro atoms. The molecule has 1 aromatic carbocycles. The molecule has 1 aliphatic heterocycles. The number of rotatable bonds is 9. The first-order valence-electron chi connectivity index (χ1n) is 9.06. The molecule has 1 aromatic heterocycles. The smallest absolute Gasteiger partial charge is 0.330 e. The first-order valence-corrected chi connectivity index (χ1v) is 10.6. The third-order valence-electron chi connectivity index (χ3n) is 4.22. The Labute approximate surface area is 171 Å². The Morgan fingerprint density at radius 3 is 2.60 bits per heavy atom. The Balaban J connectivity index is 1.54. The van der Waals surface area contributed by atoms with Gasteiger partial charge in [0.2, 0.25) is 0 Å². The summed E-state index contributed by atoms with van der Waals surface area (Å²) >= 11 is 0. The predicted molar refractivity (Wildman–Crippen MR) is 102 cm³/mol. The molecule has 160 valence electrons. The molecule has 1 fully saturated rings. The average Bonchev–Trinajstić information content (AvgIpc) is 2.99. The van der Waals surface area contributed by atoms with Gasteiger partial charge in [0, 0.05) is 37.5 Å². The lowest BCUT2D eigenvalue weighted by atomic mass is 10.1. The summed E-state index contributed by atoms with van der Waals surface area (Å²) in [5.41, 5.74) is 2.14. The van der Waals surface area contributed by atoms with Crippen LogP contribution in [0.2, 0.25) is 0 Å². The van der Waals surface area contributed by atoms with Crippen LogP contribution in [0, 0.1) is 0 Å². The van der Waals surface area contributed by atoms with Crippen molar-refractivity contribution in [3.63, 3.8) is 0 Å². The zero-order valence-electron chi connectivity index (χ0n) is 15.8. The molecule has 1 aliphatic rings. The normalized spacial score (nSPS) is 14.5. The molecule has 0 saturated carbocycles. The van der Waals surface area contributed by atoms with Gasteiger partial charge in [0.25, 0.3) is 11.8 Å². The van der Waals surface area contributed by atoms with Gasteiger partial charge in [0.1, 0.15) is 0 Å². The number of hydroxylamine groups is 2. The van der Waals surface area contributed by atoms with E-state index in [4.69, 9.17) is 14.6 Å². The Kier molecular flexibility index (Phi) is 6.91. The topological polar surface area (TPSA) is 155 Å². The predicted octanol–water partition coefficient (Wildman–Crippen LogP) is 0.583. The fourth-order valence-electron chi connectivity index (χ4n) is 2.85. The van der Waals surface area contributed by atoms with Crippen LogP contribution in [0.5, 0.6) is 0 Å². The van der Waals surface area contributed by atoms with Crippen LogP contribution in [-0.4, -0.2) is 50.8 Å². The molecule has 12 heteroatoms. The number of aromatic nitrogens is 1. The minimum atomic E-state index is -4.46. The summed E-state index contributed by atoms with van der Waals surface area (Å²) in [6.45, 7) is 0.561. The van der Waals surface area contributed by atoms with Crippen molar-refractivity contribution in [1.29, 1.82) is 0 Å². The number of imide groups is 1. The van der Waals surface area contributed by atoms with Crippen LogP contribution in [0.3, 0.4) is 0 Å². The molecular weight excluding hydrogens is 417 g/mol. The number of fused-ring (bicyclic) bond motifs is 1. The summed E-state index contributed by atoms with van der Waals surface area (Å²) in [5.74, 6) is -1.76. The summed E-state index contributed by atoms with van der Waals surface area (Å²) in [6, 6.07) is 7.12. The monoisotopic (exact) mass is 437 g/mol. The number of hydrogen-bond donors (Lipinski definition) is 3. The maximum atomic E-state index is 12.0. The van der Waals surface area contributed by atoms with Crippen LogP contribution in [0.1, 0.15) is 24.0 Å². The number of pyridine rings is 1. The van der Waals surface area contributed by atoms with Crippen molar-refractivity contribution in [2.45, 2.75) is 25.8 Å². The van der Waals surface area contributed by atoms with E-state index < -0.39 is 25.6 Å². The summed E-state index contributed by atoms with van der Waals surface area (Å²) in [4.78, 5) is 61.5. The molecule has 2 aromatic rings. The molecular formula is C18H20N3O8P. The lowest BCUT2D eigenvalue weighted by molar-refractivity contribution is -0.197. The molecule has 2 amide bonds. The minimum absolute atomic E-state index is 0.0416. The standard InChI is InChI=1S/C18H20N3O8P/c22-16-3-4-17(23)21(16)29-18(24)9-12-1-2-14-7-13(11-20-15(14)8-12)10-19-5-6-28-30(25,26)27/h1-2,7-8,11,19H,3-6,9-10H2,(H2,25,26,27). The summed E-state index contributed by atoms with van der Waals surface area (Å²) in [6.07, 6.45) is 1.61. The van der Waals surface area contributed by atoms with Crippen LogP contribution in [0.25, 0.3) is 10.9 Å². The second-order valence-corrected chi connectivity index (χ2v) is 7.83. The molecule has 30 heavy (non-hydrogen) atoms. The van der Waals surface area contributed by atoms with Gasteiger partial charge in [-0.05, 0) is 23.3 Å². The van der Waals surface area contributed by atoms with Crippen molar-refractivity contribution < 1.29 is 38.1 Å². The van der Waals surface area contributed by atoms with Crippen molar-refractivity contribution in [3.8, 4) is 0 Å². The number of hydrogen-bond acceptors (Lipinski definition) is 8. The molecule has 3 N–H and O–H groups in total. The van der Waals surface area contributed by atoms with Gasteiger partial charge in [0.05, 0.1) is 18.5 Å². The summed E-state index contributed by atoms with van der Waals surface area (Å²) in [5, 5.41) is 4.34. The molecule has 0 radical (unpaired) electrons. The Hall–Kier alpha value is -2.69. The first-order chi connectivity index (χ1) is 14.2. The van der Waals surface area contributed by atoms with Crippen LogP contribution >= 0.6 is 7.82 Å². The van der Waals surface area contributed by atoms with Gasteiger partial charge >= 0.3 is 13.8 Å². The molecule has 0 unspecified atom stereocenters. The first kappa shape index (κ1) is 22.0. The Morgan fingerprint density at radius 2 is 1.90 bits per heavy atom. The highest BCUT2D eigenvalue weighted by atomic mass is 31.2. The van der Waals surface area contributed by atoms with Gasteiger partial charge in [-0.25, -0.2) is 9.36 Å². The van der Waals surface area contributed by atoms with Crippen molar-refractivity contribution in [2.24, 2.45) is 0 Å². The highest BCUT2D eigenvalue weighted by Gasteiger charge is 2.32. The number of carbonyl (C=O) groups is 3. The fraction of sp³-hybridized carbons (Fsp3) is 0.333. The third kappa shape index (κ3) is 6.15. The molecule has 2 heterocycles. The van der Waals surface area contributed by atoms with E-state index >= 15 is 0 Å². The molecule has 3 rings (SSSR count). The molecule has 0 atom stereocenters. The highest BCUT2D eigenvalue weighted by Crippen LogP contribution is 2.35. The van der Waals surface area contributed by atoms with Crippen LogP contribution < -0.4 is 5.32 Å². The Morgan fingerprint density at radius 1 is 1.17 bits per heavy atom. The van der Waals surface area contributed by atoms with E-state index in [1.165, 1.54) is 0 Å². The number of nitrogens with one attached hydrogen (secondary N) is 1. The SMILES string of the molecule is O=C(Cc1ccc2cc(CNCCOP(=O)(O)O)cnc2c1)ON1C(=O)CCC1=O. The number of phosphoric acid groups is 1.